The lowest BCUT2D eigenvalue weighted by atomic mass is 9.87. The first-order valence-electron chi connectivity index (χ1n) is 9.34. The van der Waals surface area contributed by atoms with Gasteiger partial charge < -0.3 is 4.57 Å². The molecule has 0 radical (unpaired) electrons. The Morgan fingerprint density at radius 2 is 1.74 bits per heavy atom. The maximum absolute atomic E-state index is 4.23. The van der Waals surface area contributed by atoms with Crippen molar-refractivity contribution in [3.63, 3.8) is 0 Å². The summed E-state index contributed by atoms with van der Waals surface area (Å²) in [6.45, 7) is 6.93. The van der Waals surface area contributed by atoms with Gasteiger partial charge in [0, 0.05) is 12.4 Å². The van der Waals surface area contributed by atoms with Crippen molar-refractivity contribution in [2.45, 2.75) is 77.7 Å². The molecule has 2 atom stereocenters. The van der Waals surface area contributed by atoms with Crippen molar-refractivity contribution in [2.75, 3.05) is 0 Å². The molecule has 0 aliphatic heterocycles. The van der Waals surface area contributed by atoms with Gasteiger partial charge >= 0.3 is 0 Å². The van der Waals surface area contributed by atoms with E-state index in [2.05, 4.69) is 60.8 Å². The van der Waals surface area contributed by atoms with Gasteiger partial charge in [0.1, 0.15) is 0 Å². The highest BCUT2D eigenvalue weighted by atomic mass is 15.0. The fourth-order valence-electron chi connectivity index (χ4n) is 3.52. The lowest BCUT2D eigenvalue weighted by molar-refractivity contribution is 0.536. The van der Waals surface area contributed by atoms with Gasteiger partial charge in [-0.25, -0.2) is 4.98 Å². The summed E-state index contributed by atoms with van der Waals surface area (Å²) in [5.41, 5.74) is 2.98. The van der Waals surface area contributed by atoms with Crippen molar-refractivity contribution in [1.82, 2.24) is 9.55 Å². The number of hydrogen-bond donors (Lipinski definition) is 0. The van der Waals surface area contributed by atoms with Gasteiger partial charge in [0.15, 0.2) is 0 Å². The summed E-state index contributed by atoms with van der Waals surface area (Å²) in [6, 6.07) is 9.39. The van der Waals surface area contributed by atoms with E-state index in [-0.39, 0.29) is 0 Å². The zero-order valence-electron chi connectivity index (χ0n) is 15.0. The number of rotatable bonds is 10. The number of nitrogens with zero attached hydrogens (tertiary/aromatic N) is 2. The van der Waals surface area contributed by atoms with Crippen molar-refractivity contribution in [1.29, 1.82) is 0 Å². The molecular weight excluding hydrogens is 280 g/mol. The van der Waals surface area contributed by atoms with Crippen LogP contribution >= 0.6 is 0 Å². The third-order valence-corrected chi connectivity index (χ3v) is 4.90. The largest absolute Gasteiger partial charge is 0.330 e. The minimum absolute atomic E-state index is 0.399. The Balaban J connectivity index is 2.07. The summed E-state index contributed by atoms with van der Waals surface area (Å²) in [4.78, 5) is 4.23. The Morgan fingerprint density at radius 3 is 2.39 bits per heavy atom. The molecule has 1 aromatic carbocycles. The molecule has 1 unspecified atom stereocenters. The molecule has 2 aromatic rings. The standard InChI is InChI=1S/C21H32N2/c1-4-6-7-8-9-12-18(3)19-13-10-11-14-20(19)21(5-2)23-16-15-22-17-23/h10-11,13-18,21H,4-9,12H2,1-3H3/t18-,21?/m0/s1. The Hall–Kier alpha value is -1.57. The Bertz CT molecular complexity index is 545. The van der Waals surface area contributed by atoms with E-state index in [4.69, 9.17) is 0 Å². The molecule has 23 heavy (non-hydrogen) atoms. The minimum Gasteiger partial charge on any atom is -0.330 e. The number of benzene rings is 1. The van der Waals surface area contributed by atoms with Crippen LogP contribution in [0.5, 0.6) is 0 Å². The molecule has 2 rings (SSSR count). The molecule has 0 aliphatic rings. The molecule has 0 aliphatic carbocycles. The fraction of sp³-hybridized carbons (Fsp3) is 0.571. The van der Waals surface area contributed by atoms with Crippen LogP contribution in [0.25, 0.3) is 0 Å². The van der Waals surface area contributed by atoms with Crippen LogP contribution in [-0.2, 0) is 0 Å². The SMILES string of the molecule is CCCCCCC[C@H](C)c1ccccc1C(CC)n1ccnc1. The Kier molecular flexibility index (Phi) is 7.38. The predicted octanol–water partition coefficient (Wildman–Crippen LogP) is 6.35. The minimum atomic E-state index is 0.399. The van der Waals surface area contributed by atoms with Crippen LogP contribution in [0.1, 0.15) is 88.8 Å². The lowest BCUT2D eigenvalue weighted by Gasteiger charge is -2.23. The zero-order chi connectivity index (χ0) is 16.5. The van der Waals surface area contributed by atoms with E-state index >= 15 is 0 Å². The van der Waals surface area contributed by atoms with Crippen LogP contribution in [0.4, 0.5) is 0 Å². The highest BCUT2D eigenvalue weighted by molar-refractivity contribution is 5.33. The highest BCUT2D eigenvalue weighted by Crippen LogP contribution is 2.32. The molecule has 0 fully saturated rings. The summed E-state index contributed by atoms with van der Waals surface area (Å²) < 4.78 is 2.24. The van der Waals surface area contributed by atoms with Crippen molar-refractivity contribution in [2.24, 2.45) is 0 Å². The molecule has 0 spiro atoms. The Morgan fingerprint density at radius 1 is 1.00 bits per heavy atom. The van der Waals surface area contributed by atoms with Gasteiger partial charge in [0.25, 0.3) is 0 Å². The second-order valence-corrected chi connectivity index (χ2v) is 6.67. The van der Waals surface area contributed by atoms with Crippen LogP contribution in [-0.4, -0.2) is 9.55 Å². The molecule has 0 N–H and O–H groups in total. The van der Waals surface area contributed by atoms with E-state index in [9.17, 15) is 0 Å². The second kappa shape index (κ2) is 9.54. The van der Waals surface area contributed by atoms with Gasteiger partial charge in [-0.2, -0.15) is 0 Å². The predicted molar refractivity (Wildman–Crippen MR) is 98.9 cm³/mol. The van der Waals surface area contributed by atoms with E-state index in [0.717, 1.165) is 6.42 Å². The summed E-state index contributed by atoms with van der Waals surface area (Å²) in [7, 11) is 0. The van der Waals surface area contributed by atoms with Crippen LogP contribution in [0.2, 0.25) is 0 Å². The number of unbranched alkanes of at least 4 members (excludes halogenated alkanes) is 4. The molecule has 0 amide bonds. The van der Waals surface area contributed by atoms with Crippen LogP contribution in [0.15, 0.2) is 43.0 Å². The third kappa shape index (κ3) is 4.95. The molecule has 1 heterocycles. The molecule has 1 aromatic heterocycles. The maximum atomic E-state index is 4.23. The van der Waals surface area contributed by atoms with Gasteiger partial charge in [0.2, 0.25) is 0 Å². The second-order valence-electron chi connectivity index (χ2n) is 6.67. The molecule has 0 bridgehead atoms. The molecule has 2 nitrogen and oxygen atoms in total. The van der Waals surface area contributed by atoms with Gasteiger partial charge in [-0.15, -0.1) is 0 Å². The molecule has 0 saturated heterocycles. The third-order valence-electron chi connectivity index (χ3n) is 4.90. The van der Waals surface area contributed by atoms with E-state index < -0.39 is 0 Å². The van der Waals surface area contributed by atoms with E-state index in [0.29, 0.717) is 12.0 Å². The molecular formula is C21H32N2. The van der Waals surface area contributed by atoms with E-state index in [1.54, 1.807) is 0 Å². The summed E-state index contributed by atoms with van der Waals surface area (Å²) in [6.07, 6.45) is 15.1. The van der Waals surface area contributed by atoms with Gasteiger partial charge in [-0.05, 0) is 29.9 Å². The number of aromatic nitrogens is 2. The normalized spacial score (nSPS) is 13.9. The summed E-state index contributed by atoms with van der Waals surface area (Å²) in [5.74, 6) is 0.630. The van der Waals surface area contributed by atoms with Crippen LogP contribution < -0.4 is 0 Å². The lowest BCUT2D eigenvalue weighted by Crippen LogP contribution is -2.11. The average molecular weight is 313 g/mol. The highest BCUT2D eigenvalue weighted by Gasteiger charge is 2.17. The zero-order valence-corrected chi connectivity index (χ0v) is 15.0. The first-order valence-corrected chi connectivity index (χ1v) is 9.34. The van der Waals surface area contributed by atoms with Gasteiger partial charge in [-0.1, -0.05) is 77.1 Å². The van der Waals surface area contributed by atoms with Crippen LogP contribution in [0, 0.1) is 0 Å². The summed E-state index contributed by atoms with van der Waals surface area (Å²) in [5, 5.41) is 0. The first-order chi connectivity index (χ1) is 11.3. The topological polar surface area (TPSA) is 17.8 Å². The fourth-order valence-corrected chi connectivity index (χ4v) is 3.52. The van der Waals surface area contributed by atoms with Crippen LogP contribution in [0.3, 0.4) is 0 Å². The van der Waals surface area contributed by atoms with Crippen molar-refractivity contribution in [3.8, 4) is 0 Å². The average Bonchev–Trinajstić information content (AvgIpc) is 3.10. The number of imidazole rings is 1. The van der Waals surface area contributed by atoms with Crippen molar-refractivity contribution in [3.05, 3.63) is 54.1 Å². The monoisotopic (exact) mass is 312 g/mol. The van der Waals surface area contributed by atoms with Crippen molar-refractivity contribution < 1.29 is 0 Å². The number of hydrogen-bond acceptors (Lipinski definition) is 1. The molecule has 2 heteroatoms. The molecule has 0 saturated carbocycles. The first kappa shape index (κ1) is 17.8. The molecule has 126 valence electrons. The van der Waals surface area contributed by atoms with E-state index in [1.807, 2.05) is 12.5 Å². The van der Waals surface area contributed by atoms with Crippen molar-refractivity contribution >= 4 is 0 Å². The Labute approximate surface area is 142 Å². The van der Waals surface area contributed by atoms with Gasteiger partial charge in [0.05, 0.1) is 12.4 Å². The maximum Gasteiger partial charge on any atom is 0.0951 e. The van der Waals surface area contributed by atoms with E-state index in [1.165, 1.54) is 49.7 Å². The summed E-state index contributed by atoms with van der Waals surface area (Å²) >= 11 is 0. The quantitative estimate of drug-likeness (QED) is 0.468. The van der Waals surface area contributed by atoms with Gasteiger partial charge in [-0.3, -0.25) is 0 Å². The smallest absolute Gasteiger partial charge is 0.0951 e.